The number of hydrogen-bond donors (Lipinski definition) is 0. The molecule has 0 aromatic heterocycles. The summed E-state index contributed by atoms with van der Waals surface area (Å²) in [6, 6.07) is 0. The van der Waals surface area contributed by atoms with Crippen molar-refractivity contribution in [1.29, 1.82) is 0 Å². The van der Waals surface area contributed by atoms with Crippen LogP contribution in [0.4, 0.5) is 0 Å². The van der Waals surface area contributed by atoms with Gasteiger partial charge in [0.1, 0.15) is 11.7 Å². The van der Waals surface area contributed by atoms with Crippen LogP contribution in [0.3, 0.4) is 0 Å². The van der Waals surface area contributed by atoms with Crippen molar-refractivity contribution >= 4 is 5.97 Å². The fourth-order valence-corrected chi connectivity index (χ4v) is 5.99. The smallest absolute Gasteiger partial charge is 0.321 e. The lowest BCUT2D eigenvalue weighted by Gasteiger charge is -2.28. The van der Waals surface area contributed by atoms with Crippen LogP contribution >= 0.6 is 0 Å². The molecule has 0 aliphatic carbocycles. The Morgan fingerprint density at radius 3 is 1.17 bits per heavy atom. The van der Waals surface area contributed by atoms with Crippen molar-refractivity contribution in [2.45, 2.75) is 206 Å². The van der Waals surface area contributed by atoms with Crippen LogP contribution in [-0.4, -0.2) is 5.97 Å². The van der Waals surface area contributed by atoms with Gasteiger partial charge in [0, 0.05) is 0 Å². The average molecular weight is 585 g/mol. The van der Waals surface area contributed by atoms with Crippen molar-refractivity contribution in [3.05, 3.63) is 36.1 Å². The molecule has 0 saturated carbocycles. The fraction of sp³-hybridized carbons (Fsp3) is 0.825. The molecule has 1 unspecified atom stereocenters. The summed E-state index contributed by atoms with van der Waals surface area (Å²) in [5.74, 6) is 1.03. The van der Waals surface area contributed by atoms with E-state index in [2.05, 4.69) is 44.2 Å². The normalized spacial score (nSPS) is 16.2. The molecule has 0 aromatic carbocycles. The molecule has 0 spiro atoms. The maximum Gasteiger partial charge on any atom is 0.321 e. The van der Waals surface area contributed by atoms with Gasteiger partial charge in [-0.05, 0) is 76.7 Å². The number of allylic oxidation sites excluding steroid dienone is 5. The van der Waals surface area contributed by atoms with E-state index in [0.29, 0.717) is 0 Å². The van der Waals surface area contributed by atoms with Crippen LogP contribution in [0.15, 0.2) is 36.1 Å². The minimum atomic E-state index is 0.00361. The van der Waals surface area contributed by atoms with E-state index >= 15 is 0 Å². The average Bonchev–Trinajstić information content (AvgIpc) is 2.99. The van der Waals surface area contributed by atoms with Crippen molar-refractivity contribution < 1.29 is 9.53 Å². The van der Waals surface area contributed by atoms with Gasteiger partial charge < -0.3 is 4.74 Å². The summed E-state index contributed by atoms with van der Waals surface area (Å²) in [6.07, 6.45) is 51.3. The lowest BCUT2D eigenvalue weighted by molar-refractivity contribution is -0.157. The lowest BCUT2D eigenvalue weighted by Crippen LogP contribution is -2.32. The largest absolute Gasteiger partial charge is 0.430 e. The van der Waals surface area contributed by atoms with E-state index in [1.54, 1.807) is 0 Å². The van der Waals surface area contributed by atoms with E-state index in [9.17, 15) is 4.79 Å². The number of ether oxygens (including phenoxy) is 1. The third-order valence-electron chi connectivity index (χ3n) is 8.91. The monoisotopic (exact) mass is 585 g/mol. The molecule has 1 saturated heterocycles. The Hall–Kier alpha value is -1.31. The van der Waals surface area contributed by atoms with Crippen LogP contribution in [0.5, 0.6) is 0 Å². The molecule has 1 atom stereocenters. The van der Waals surface area contributed by atoms with E-state index < -0.39 is 0 Å². The maximum atomic E-state index is 11.9. The molecule has 42 heavy (non-hydrogen) atoms. The number of carbonyl (C=O) groups excluding carboxylic acids is 1. The standard InChI is InChI=1S/C40H72O2/c1-3-5-7-9-11-13-15-17-19-21-23-25-27-29-31-33-35-37-39-38(40(41)42-39)36-34-32-30-28-26-24-22-20-18-16-14-12-10-8-6-4-2/h21-24,37-38H,3-20,25-36H2,1-2H3/b23-21+,24-22+,39-37+. The molecule has 0 N–H and O–H groups in total. The molecule has 1 aliphatic heterocycles. The summed E-state index contributed by atoms with van der Waals surface area (Å²) in [5, 5.41) is 0. The first-order valence-corrected chi connectivity index (χ1v) is 19.0. The Balaban J connectivity index is 1.88. The van der Waals surface area contributed by atoms with Gasteiger partial charge in [-0.1, -0.05) is 160 Å². The second-order valence-corrected chi connectivity index (χ2v) is 13.0. The van der Waals surface area contributed by atoms with Crippen molar-refractivity contribution in [1.82, 2.24) is 0 Å². The highest BCUT2D eigenvalue weighted by atomic mass is 16.6. The topological polar surface area (TPSA) is 26.3 Å². The van der Waals surface area contributed by atoms with Crippen molar-refractivity contribution in [2.75, 3.05) is 0 Å². The van der Waals surface area contributed by atoms with Crippen LogP contribution in [-0.2, 0) is 9.53 Å². The number of hydrogen-bond acceptors (Lipinski definition) is 2. The first-order chi connectivity index (χ1) is 20.8. The van der Waals surface area contributed by atoms with Gasteiger partial charge in [-0.2, -0.15) is 0 Å². The van der Waals surface area contributed by atoms with Crippen LogP contribution < -0.4 is 0 Å². The molecule has 0 aromatic rings. The van der Waals surface area contributed by atoms with Gasteiger partial charge in [0.25, 0.3) is 0 Å². The Bertz CT molecular complexity index is 673. The van der Waals surface area contributed by atoms with Gasteiger partial charge in [-0.15, -0.1) is 0 Å². The summed E-state index contributed by atoms with van der Waals surface area (Å²) in [7, 11) is 0. The number of unbranched alkanes of at least 4 members (excludes halogenated alkanes) is 25. The van der Waals surface area contributed by atoms with E-state index in [-0.39, 0.29) is 11.9 Å². The van der Waals surface area contributed by atoms with Crippen molar-refractivity contribution in [3.8, 4) is 0 Å². The Labute approximate surface area is 263 Å². The van der Waals surface area contributed by atoms with E-state index in [0.717, 1.165) is 25.0 Å². The summed E-state index contributed by atoms with van der Waals surface area (Å²) < 4.78 is 5.36. The quantitative estimate of drug-likeness (QED) is 0.0446. The summed E-state index contributed by atoms with van der Waals surface area (Å²) in [5.41, 5.74) is 0. The predicted octanol–water partition coefficient (Wildman–Crippen LogP) is 13.9. The summed E-state index contributed by atoms with van der Waals surface area (Å²) in [6.45, 7) is 4.57. The molecule has 2 heteroatoms. The first kappa shape index (κ1) is 38.7. The van der Waals surface area contributed by atoms with Crippen LogP contribution in [0.2, 0.25) is 0 Å². The third kappa shape index (κ3) is 24.2. The third-order valence-corrected chi connectivity index (χ3v) is 8.91. The Kier molecular flexibility index (Phi) is 28.7. The molecule has 244 valence electrons. The second-order valence-electron chi connectivity index (χ2n) is 13.0. The van der Waals surface area contributed by atoms with E-state index in [1.807, 2.05) is 0 Å². The van der Waals surface area contributed by atoms with Crippen LogP contribution in [0, 0.1) is 5.92 Å². The number of rotatable bonds is 32. The van der Waals surface area contributed by atoms with Gasteiger partial charge in [0.05, 0.1) is 0 Å². The van der Waals surface area contributed by atoms with E-state index in [4.69, 9.17) is 4.74 Å². The molecule has 1 aliphatic rings. The molecule has 0 radical (unpaired) electrons. The molecule has 0 bridgehead atoms. The number of cyclic esters (lactones) is 1. The second kappa shape index (κ2) is 31.1. The maximum absolute atomic E-state index is 11.9. The lowest BCUT2D eigenvalue weighted by atomic mass is 9.93. The molecule has 0 amide bonds. The van der Waals surface area contributed by atoms with E-state index in [1.165, 1.54) is 173 Å². The zero-order valence-electron chi connectivity index (χ0n) is 28.5. The minimum Gasteiger partial charge on any atom is -0.430 e. The molecular formula is C40H72O2. The SMILES string of the molecule is CCCCCCCCCC/C=C/CCCCCC/C=C1/OC(=O)C1CCCCCC/C=C/CCCCCCCCCC. The predicted molar refractivity (Wildman–Crippen MR) is 186 cm³/mol. The van der Waals surface area contributed by atoms with Crippen LogP contribution in [0.1, 0.15) is 206 Å². The first-order valence-electron chi connectivity index (χ1n) is 19.0. The molecule has 1 fully saturated rings. The van der Waals surface area contributed by atoms with Gasteiger partial charge in [-0.25, -0.2) is 0 Å². The molecule has 1 rings (SSSR count). The van der Waals surface area contributed by atoms with Gasteiger partial charge in [-0.3, -0.25) is 4.79 Å². The number of carbonyl (C=O) groups is 1. The van der Waals surface area contributed by atoms with Crippen molar-refractivity contribution in [3.63, 3.8) is 0 Å². The van der Waals surface area contributed by atoms with Gasteiger partial charge in [0.15, 0.2) is 0 Å². The molecule has 2 nitrogen and oxygen atoms in total. The minimum absolute atomic E-state index is 0.00361. The Morgan fingerprint density at radius 1 is 0.452 bits per heavy atom. The highest BCUT2D eigenvalue weighted by Gasteiger charge is 2.36. The number of esters is 1. The fourth-order valence-electron chi connectivity index (χ4n) is 5.99. The van der Waals surface area contributed by atoms with Gasteiger partial charge in [0.2, 0.25) is 0 Å². The Morgan fingerprint density at radius 2 is 0.786 bits per heavy atom. The molecule has 1 heterocycles. The summed E-state index contributed by atoms with van der Waals surface area (Å²) >= 11 is 0. The van der Waals surface area contributed by atoms with Crippen molar-refractivity contribution in [2.24, 2.45) is 5.92 Å². The summed E-state index contributed by atoms with van der Waals surface area (Å²) in [4.78, 5) is 11.9. The van der Waals surface area contributed by atoms with Gasteiger partial charge >= 0.3 is 5.97 Å². The zero-order chi connectivity index (χ0) is 30.2. The highest BCUT2D eigenvalue weighted by Crippen LogP contribution is 2.32. The molecular weight excluding hydrogens is 512 g/mol. The zero-order valence-corrected chi connectivity index (χ0v) is 28.5. The highest BCUT2D eigenvalue weighted by molar-refractivity contribution is 5.82. The van der Waals surface area contributed by atoms with Crippen LogP contribution in [0.25, 0.3) is 0 Å².